The Morgan fingerprint density at radius 3 is 2.52 bits per heavy atom. The molecule has 0 spiro atoms. The molecule has 25 heavy (non-hydrogen) atoms. The van der Waals surface area contributed by atoms with Gasteiger partial charge in [0.05, 0.1) is 0 Å². The number of ether oxygens (including phenoxy) is 2. The Balaban J connectivity index is 1.45. The van der Waals surface area contributed by atoms with E-state index in [0.29, 0.717) is 19.5 Å². The molecule has 0 bridgehead atoms. The van der Waals surface area contributed by atoms with Crippen molar-refractivity contribution < 1.29 is 19.1 Å². The summed E-state index contributed by atoms with van der Waals surface area (Å²) < 4.78 is 11.1. The van der Waals surface area contributed by atoms with E-state index in [1.807, 2.05) is 45.0 Å². The van der Waals surface area contributed by atoms with Crippen LogP contribution in [0.4, 0.5) is 4.79 Å². The number of hydrogen-bond acceptors (Lipinski definition) is 4. The summed E-state index contributed by atoms with van der Waals surface area (Å²) in [5, 5.41) is 3.06. The van der Waals surface area contributed by atoms with E-state index in [0.717, 1.165) is 24.2 Å². The molecule has 3 rings (SSSR count). The average Bonchev–Trinajstić information content (AvgIpc) is 2.98. The maximum atomic E-state index is 12.4. The molecule has 0 aliphatic carbocycles. The van der Waals surface area contributed by atoms with Crippen LogP contribution in [-0.4, -0.2) is 47.7 Å². The molecule has 1 atom stereocenters. The Kier molecular flexibility index (Phi) is 4.88. The first-order chi connectivity index (χ1) is 11.8. The first-order valence-electron chi connectivity index (χ1n) is 8.85. The predicted octanol–water partition coefficient (Wildman–Crippen LogP) is 2.51. The molecule has 1 aromatic rings. The molecule has 2 heterocycles. The SMILES string of the molecule is CC(C)(C)OC(=O)N1CCC(NC(=O)[C@H]2Cc3ccccc3O2)CC1. The zero-order valence-corrected chi connectivity index (χ0v) is 15.1. The molecule has 0 radical (unpaired) electrons. The van der Waals surface area contributed by atoms with Gasteiger partial charge in [-0.3, -0.25) is 4.79 Å². The second kappa shape index (κ2) is 6.94. The van der Waals surface area contributed by atoms with Gasteiger partial charge in [-0.05, 0) is 45.2 Å². The van der Waals surface area contributed by atoms with E-state index in [4.69, 9.17) is 9.47 Å². The van der Waals surface area contributed by atoms with E-state index in [1.54, 1.807) is 4.90 Å². The van der Waals surface area contributed by atoms with Crippen molar-refractivity contribution in [3.8, 4) is 5.75 Å². The van der Waals surface area contributed by atoms with Crippen LogP contribution in [0.5, 0.6) is 5.75 Å². The lowest BCUT2D eigenvalue weighted by Crippen LogP contribution is -2.50. The van der Waals surface area contributed by atoms with E-state index >= 15 is 0 Å². The van der Waals surface area contributed by atoms with Gasteiger partial charge < -0.3 is 19.7 Å². The molecule has 1 saturated heterocycles. The second-order valence-electron chi connectivity index (χ2n) is 7.67. The molecule has 2 aliphatic heterocycles. The number of para-hydroxylation sites is 1. The van der Waals surface area contributed by atoms with Gasteiger partial charge in [0, 0.05) is 25.6 Å². The Morgan fingerprint density at radius 1 is 1.20 bits per heavy atom. The van der Waals surface area contributed by atoms with Crippen molar-refractivity contribution in [3.63, 3.8) is 0 Å². The number of piperidine rings is 1. The number of fused-ring (bicyclic) bond motifs is 1. The minimum atomic E-state index is -0.489. The van der Waals surface area contributed by atoms with Gasteiger partial charge in [-0.15, -0.1) is 0 Å². The monoisotopic (exact) mass is 346 g/mol. The van der Waals surface area contributed by atoms with Gasteiger partial charge in [0.1, 0.15) is 11.4 Å². The van der Waals surface area contributed by atoms with Crippen LogP contribution in [0, 0.1) is 0 Å². The third kappa shape index (κ3) is 4.44. The van der Waals surface area contributed by atoms with E-state index < -0.39 is 11.7 Å². The van der Waals surface area contributed by atoms with E-state index in [9.17, 15) is 9.59 Å². The van der Waals surface area contributed by atoms with Crippen LogP contribution in [-0.2, 0) is 16.0 Å². The number of likely N-dealkylation sites (tertiary alicyclic amines) is 1. The van der Waals surface area contributed by atoms with Crippen molar-refractivity contribution >= 4 is 12.0 Å². The van der Waals surface area contributed by atoms with Crippen molar-refractivity contribution in [1.82, 2.24) is 10.2 Å². The predicted molar refractivity (Wildman–Crippen MR) is 93.5 cm³/mol. The number of benzene rings is 1. The maximum absolute atomic E-state index is 12.4. The number of hydrogen-bond donors (Lipinski definition) is 1. The van der Waals surface area contributed by atoms with Crippen LogP contribution in [0.3, 0.4) is 0 Å². The summed E-state index contributed by atoms with van der Waals surface area (Å²) >= 11 is 0. The standard InChI is InChI=1S/C19H26N2O4/c1-19(2,3)25-18(23)21-10-8-14(9-11-21)20-17(22)16-12-13-6-4-5-7-15(13)24-16/h4-7,14,16H,8-12H2,1-3H3,(H,20,22)/t16-/m1/s1. The van der Waals surface area contributed by atoms with Crippen molar-refractivity contribution in [2.24, 2.45) is 0 Å². The lowest BCUT2D eigenvalue weighted by molar-refractivity contribution is -0.128. The quantitative estimate of drug-likeness (QED) is 0.893. The van der Waals surface area contributed by atoms with Crippen molar-refractivity contribution in [3.05, 3.63) is 29.8 Å². The van der Waals surface area contributed by atoms with Gasteiger partial charge in [0.15, 0.2) is 6.10 Å². The van der Waals surface area contributed by atoms with Crippen molar-refractivity contribution in [2.45, 2.75) is 57.8 Å². The number of nitrogens with one attached hydrogen (secondary N) is 1. The van der Waals surface area contributed by atoms with Gasteiger partial charge in [-0.25, -0.2) is 4.79 Å². The van der Waals surface area contributed by atoms with E-state index in [1.165, 1.54) is 0 Å². The van der Waals surface area contributed by atoms with Crippen LogP contribution in [0.2, 0.25) is 0 Å². The highest BCUT2D eigenvalue weighted by Gasteiger charge is 2.32. The van der Waals surface area contributed by atoms with Gasteiger partial charge in [-0.1, -0.05) is 18.2 Å². The number of rotatable bonds is 2. The average molecular weight is 346 g/mol. The van der Waals surface area contributed by atoms with Gasteiger partial charge in [0.25, 0.3) is 5.91 Å². The third-order valence-corrected chi connectivity index (χ3v) is 4.43. The molecule has 6 nitrogen and oxygen atoms in total. The smallest absolute Gasteiger partial charge is 0.410 e. The van der Waals surface area contributed by atoms with E-state index in [2.05, 4.69) is 5.32 Å². The van der Waals surface area contributed by atoms with Crippen LogP contribution in [0.1, 0.15) is 39.2 Å². The first-order valence-corrected chi connectivity index (χ1v) is 8.85. The van der Waals surface area contributed by atoms with Crippen LogP contribution >= 0.6 is 0 Å². The molecule has 1 N–H and O–H groups in total. The summed E-state index contributed by atoms with van der Waals surface area (Å²) in [6.45, 7) is 6.75. The Morgan fingerprint density at radius 2 is 1.88 bits per heavy atom. The Bertz CT molecular complexity index is 620. The number of carbonyl (C=O) groups is 2. The molecular formula is C19H26N2O4. The fraction of sp³-hybridized carbons (Fsp3) is 0.579. The topological polar surface area (TPSA) is 67.9 Å². The summed E-state index contributed by atoms with van der Waals surface area (Å²) in [6.07, 6.45) is 1.32. The van der Waals surface area contributed by atoms with Crippen LogP contribution in [0.15, 0.2) is 24.3 Å². The maximum Gasteiger partial charge on any atom is 0.410 e. The molecule has 0 unspecified atom stereocenters. The lowest BCUT2D eigenvalue weighted by Gasteiger charge is -2.34. The molecular weight excluding hydrogens is 320 g/mol. The summed E-state index contributed by atoms with van der Waals surface area (Å²) in [6, 6.07) is 7.81. The molecule has 0 aromatic heterocycles. The van der Waals surface area contributed by atoms with Crippen LogP contribution in [0.25, 0.3) is 0 Å². The number of nitrogens with zero attached hydrogens (tertiary/aromatic N) is 1. The van der Waals surface area contributed by atoms with Crippen molar-refractivity contribution in [2.75, 3.05) is 13.1 Å². The minimum Gasteiger partial charge on any atom is -0.480 e. The molecule has 1 aromatic carbocycles. The highest BCUT2D eigenvalue weighted by molar-refractivity contribution is 5.82. The third-order valence-electron chi connectivity index (χ3n) is 4.43. The molecule has 136 valence electrons. The summed E-state index contributed by atoms with van der Waals surface area (Å²) in [5.41, 5.74) is 0.583. The van der Waals surface area contributed by atoms with Gasteiger partial charge in [-0.2, -0.15) is 0 Å². The molecule has 2 amide bonds. The van der Waals surface area contributed by atoms with Crippen molar-refractivity contribution in [1.29, 1.82) is 0 Å². The zero-order valence-electron chi connectivity index (χ0n) is 15.1. The minimum absolute atomic E-state index is 0.0681. The Labute approximate surface area is 148 Å². The van der Waals surface area contributed by atoms with Gasteiger partial charge >= 0.3 is 6.09 Å². The van der Waals surface area contributed by atoms with Crippen LogP contribution < -0.4 is 10.1 Å². The highest BCUT2D eigenvalue weighted by Crippen LogP contribution is 2.28. The summed E-state index contributed by atoms with van der Waals surface area (Å²) in [5.74, 6) is 0.717. The molecule has 2 aliphatic rings. The second-order valence-corrected chi connectivity index (χ2v) is 7.67. The fourth-order valence-corrected chi connectivity index (χ4v) is 3.16. The Hall–Kier alpha value is -2.24. The summed E-state index contributed by atoms with van der Waals surface area (Å²) in [4.78, 5) is 26.2. The normalized spacial score (nSPS) is 20.6. The fourth-order valence-electron chi connectivity index (χ4n) is 3.16. The van der Waals surface area contributed by atoms with Gasteiger partial charge in [0.2, 0.25) is 0 Å². The lowest BCUT2D eigenvalue weighted by atomic mass is 10.0. The summed E-state index contributed by atoms with van der Waals surface area (Å²) in [7, 11) is 0. The van der Waals surface area contributed by atoms with E-state index in [-0.39, 0.29) is 18.0 Å². The molecule has 1 fully saturated rings. The number of carbonyl (C=O) groups excluding carboxylic acids is 2. The highest BCUT2D eigenvalue weighted by atomic mass is 16.6. The number of amides is 2. The largest absolute Gasteiger partial charge is 0.480 e. The molecule has 0 saturated carbocycles. The molecule has 6 heteroatoms. The zero-order chi connectivity index (χ0) is 18.0. The first kappa shape index (κ1) is 17.6.